The van der Waals surface area contributed by atoms with E-state index in [4.69, 9.17) is 0 Å². The SMILES string of the molecule is CN(C)C(c1ccccc1)C1CCC(NCCc2c[nH]c3ccccc23)CC1. The van der Waals surface area contributed by atoms with E-state index in [1.54, 1.807) is 0 Å². The number of rotatable bonds is 7. The Balaban J connectivity index is 1.28. The van der Waals surface area contributed by atoms with Gasteiger partial charge in [-0.25, -0.2) is 0 Å². The van der Waals surface area contributed by atoms with Gasteiger partial charge in [0.1, 0.15) is 0 Å². The van der Waals surface area contributed by atoms with Crippen molar-refractivity contribution in [1.82, 2.24) is 15.2 Å². The van der Waals surface area contributed by atoms with Crippen LogP contribution in [0.15, 0.2) is 60.8 Å². The first-order chi connectivity index (χ1) is 13.7. The van der Waals surface area contributed by atoms with Gasteiger partial charge in [-0.15, -0.1) is 0 Å². The highest BCUT2D eigenvalue weighted by atomic mass is 15.1. The number of aromatic nitrogens is 1. The molecule has 2 N–H and O–H groups in total. The van der Waals surface area contributed by atoms with Crippen molar-refractivity contribution in [2.75, 3.05) is 20.6 Å². The lowest BCUT2D eigenvalue weighted by atomic mass is 9.78. The van der Waals surface area contributed by atoms with Gasteiger partial charge in [-0.05, 0) is 75.9 Å². The summed E-state index contributed by atoms with van der Waals surface area (Å²) < 4.78 is 0. The minimum absolute atomic E-state index is 0.536. The van der Waals surface area contributed by atoms with Crippen LogP contribution in [-0.4, -0.2) is 36.6 Å². The molecule has 1 atom stereocenters. The highest BCUT2D eigenvalue weighted by molar-refractivity contribution is 5.83. The minimum Gasteiger partial charge on any atom is -0.361 e. The fraction of sp³-hybridized carbons (Fsp3) is 0.440. The van der Waals surface area contributed by atoms with Crippen LogP contribution in [0.4, 0.5) is 0 Å². The van der Waals surface area contributed by atoms with Gasteiger partial charge in [0.05, 0.1) is 0 Å². The molecule has 1 aromatic heterocycles. The summed E-state index contributed by atoms with van der Waals surface area (Å²) in [4.78, 5) is 5.80. The number of benzene rings is 2. The fourth-order valence-electron chi connectivity index (χ4n) is 5.03. The fourth-order valence-corrected chi connectivity index (χ4v) is 5.03. The molecule has 4 rings (SSSR count). The molecule has 0 radical (unpaired) electrons. The maximum absolute atomic E-state index is 3.83. The zero-order valence-electron chi connectivity index (χ0n) is 17.2. The van der Waals surface area contributed by atoms with Crippen molar-refractivity contribution < 1.29 is 0 Å². The van der Waals surface area contributed by atoms with Gasteiger partial charge in [0.2, 0.25) is 0 Å². The van der Waals surface area contributed by atoms with Crippen LogP contribution in [0.3, 0.4) is 0 Å². The van der Waals surface area contributed by atoms with Gasteiger partial charge in [0.15, 0.2) is 0 Å². The third-order valence-corrected chi connectivity index (χ3v) is 6.42. The summed E-state index contributed by atoms with van der Waals surface area (Å²) in [5.74, 6) is 0.754. The summed E-state index contributed by atoms with van der Waals surface area (Å²) in [6.45, 7) is 1.06. The average molecular weight is 376 g/mol. The molecule has 3 heteroatoms. The molecule has 0 bridgehead atoms. The first kappa shape index (κ1) is 19.2. The zero-order valence-corrected chi connectivity index (χ0v) is 17.2. The van der Waals surface area contributed by atoms with Gasteiger partial charge >= 0.3 is 0 Å². The van der Waals surface area contributed by atoms with E-state index in [1.165, 1.54) is 47.7 Å². The lowest BCUT2D eigenvalue weighted by molar-refractivity contribution is 0.157. The molecule has 0 amide bonds. The second-order valence-corrected chi connectivity index (χ2v) is 8.49. The standard InChI is InChI=1S/C25H33N3/c1-28(2)25(19-8-4-3-5-9-19)20-12-14-22(15-13-20)26-17-16-21-18-27-24-11-7-6-10-23(21)24/h3-11,18,20,22,25-27H,12-17H2,1-2H3. The Morgan fingerprint density at radius 3 is 2.43 bits per heavy atom. The third kappa shape index (κ3) is 4.31. The van der Waals surface area contributed by atoms with E-state index >= 15 is 0 Å². The summed E-state index contributed by atoms with van der Waals surface area (Å²) >= 11 is 0. The molecule has 0 spiro atoms. The Kier molecular flexibility index (Phi) is 6.13. The first-order valence-electron chi connectivity index (χ1n) is 10.7. The molecule has 1 aliphatic rings. The normalized spacial score (nSPS) is 21.2. The number of aromatic amines is 1. The molecule has 3 nitrogen and oxygen atoms in total. The van der Waals surface area contributed by atoms with Crippen molar-refractivity contribution in [1.29, 1.82) is 0 Å². The van der Waals surface area contributed by atoms with E-state index in [-0.39, 0.29) is 0 Å². The van der Waals surface area contributed by atoms with E-state index in [0.29, 0.717) is 12.1 Å². The van der Waals surface area contributed by atoms with Crippen LogP contribution in [0.5, 0.6) is 0 Å². The molecule has 0 saturated heterocycles. The molecule has 1 aliphatic carbocycles. The van der Waals surface area contributed by atoms with Crippen molar-refractivity contribution in [3.8, 4) is 0 Å². The number of H-pyrrole nitrogens is 1. The molecule has 1 heterocycles. The zero-order chi connectivity index (χ0) is 19.3. The molecule has 28 heavy (non-hydrogen) atoms. The number of hydrogen-bond donors (Lipinski definition) is 2. The lowest BCUT2D eigenvalue weighted by Crippen LogP contribution is -2.37. The number of para-hydroxylation sites is 1. The summed E-state index contributed by atoms with van der Waals surface area (Å²) in [6, 6.07) is 20.8. The van der Waals surface area contributed by atoms with E-state index in [9.17, 15) is 0 Å². The smallest absolute Gasteiger partial charge is 0.0456 e. The molecule has 3 aromatic rings. The second-order valence-electron chi connectivity index (χ2n) is 8.49. The maximum atomic E-state index is 3.83. The molecule has 1 saturated carbocycles. The number of hydrogen-bond acceptors (Lipinski definition) is 2. The van der Waals surface area contributed by atoms with Crippen LogP contribution in [0, 0.1) is 5.92 Å². The average Bonchev–Trinajstić information content (AvgIpc) is 3.13. The number of fused-ring (bicyclic) bond motifs is 1. The lowest BCUT2D eigenvalue weighted by Gasteiger charge is -2.38. The molecule has 2 aromatic carbocycles. The molecular weight excluding hydrogens is 342 g/mol. The summed E-state index contributed by atoms with van der Waals surface area (Å²) in [5, 5.41) is 5.19. The number of nitrogens with zero attached hydrogens (tertiary/aromatic N) is 1. The first-order valence-corrected chi connectivity index (χ1v) is 10.7. The van der Waals surface area contributed by atoms with Crippen LogP contribution in [-0.2, 0) is 6.42 Å². The Labute approximate surface area is 169 Å². The van der Waals surface area contributed by atoms with Crippen molar-refractivity contribution in [2.24, 2.45) is 5.92 Å². The molecular formula is C25H33N3. The van der Waals surface area contributed by atoms with E-state index < -0.39 is 0 Å². The monoisotopic (exact) mass is 375 g/mol. The van der Waals surface area contributed by atoms with Crippen LogP contribution < -0.4 is 5.32 Å². The van der Waals surface area contributed by atoms with Crippen LogP contribution in [0.1, 0.15) is 42.9 Å². The predicted octanol–water partition coefficient (Wildman–Crippen LogP) is 5.16. The van der Waals surface area contributed by atoms with Gasteiger partial charge in [0.25, 0.3) is 0 Å². The molecule has 1 fully saturated rings. The van der Waals surface area contributed by atoms with E-state index in [0.717, 1.165) is 18.9 Å². The van der Waals surface area contributed by atoms with Crippen LogP contribution in [0.25, 0.3) is 10.9 Å². The third-order valence-electron chi connectivity index (χ3n) is 6.42. The van der Waals surface area contributed by atoms with Crippen molar-refractivity contribution >= 4 is 10.9 Å². The molecule has 0 aliphatic heterocycles. The molecule has 148 valence electrons. The quantitative estimate of drug-likeness (QED) is 0.597. The summed E-state index contributed by atoms with van der Waals surface area (Å²) in [7, 11) is 4.45. The van der Waals surface area contributed by atoms with Gasteiger partial charge in [-0.3, -0.25) is 0 Å². The topological polar surface area (TPSA) is 31.1 Å². The Hall–Kier alpha value is -2.10. The van der Waals surface area contributed by atoms with Crippen molar-refractivity contribution in [2.45, 2.75) is 44.2 Å². The highest BCUT2D eigenvalue weighted by Gasteiger charge is 2.29. The van der Waals surface area contributed by atoms with Gasteiger partial charge < -0.3 is 15.2 Å². The Morgan fingerprint density at radius 2 is 1.68 bits per heavy atom. The van der Waals surface area contributed by atoms with Crippen LogP contribution >= 0.6 is 0 Å². The summed E-state index contributed by atoms with van der Waals surface area (Å²) in [5.41, 5.74) is 4.13. The van der Waals surface area contributed by atoms with Gasteiger partial charge in [-0.1, -0.05) is 48.5 Å². The van der Waals surface area contributed by atoms with Gasteiger partial charge in [-0.2, -0.15) is 0 Å². The van der Waals surface area contributed by atoms with Gasteiger partial charge in [0, 0.05) is 29.2 Å². The minimum atomic E-state index is 0.536. The van der Waals surface area contributed by atoms with Crippen molar-refractivity contribution in [3.63, 3.8) is 0 Å². The number of nitrogens with one attached hydrogen (secondary N) is 2. The Morgan fingerprint density at radius 1 is 0.964 bits per heavy atom. The summed E-state index contributed by atoms with van der Waals surface area (Å²) in [6.07, 6.45) is 8.45. The Bertz CT molecular complexity index is 860. The maximum Gasteiger partial charge on any atom is 0.0456 e. The molecule has 1 unspecified atom stereocenters. The predicted molar refractivity (Wildman–Crippen MR) is 119 cm³/mol. The van der Waals surface area contributed by atoms with Crippen molar-refractivity contribution in [3.05, 3.63) is 71.9 Å². The highest BCUT2D eigenvalue weighted by Crippen LogP contribution is 2.37. The van der Waals surface area contributed by atoms with Crippen LogP contribution in [0.2, 0.25) is 0 Å². The second kappa shape index (κ2) is 8.93. The van der Waals surface area contributed by atoms with E-state index in [1.807, 2.05) is 0 Å². The largest absolute Gasteiger partial charge is 0.361 e. The van der Waals surface area contributed by atoms with E-state index in [2.05, 4.69) is 90.1 Å².